The van der Waals surface area contributed by atoms with E-state index in [2.05, 4.69) is 4.72 Å². The Morgan fingerprint density at radius 2 is 2.16 bits per heavy atom. The molecule has 1 rings (SSSR count). The molecular weight excluding hydrogens is 268 g/mol. The number of ether oxygens (including phenoxy) is 1. The van der Waals surface area contributed by atoms with Gasteiger partial charge in [0.1, 0.15) is 0 Å². The van der Waals surface area contributed by atoms with E-state index in [0.29, 0.717) is 11.1 Å². The largest absolute Gasteiger partial charge is 0.394 e. The van der Waals surface area contributed by atoms with Crippen LogP contribution in [-0.4, -0.2) is 39.9 Å². The van der Waals surface area contributed by atoms with Gasteiger partial charge in [-0.25, -0.2) is 13.1 Å². The number of aliphatic hydroxyl groups is 1. The molecule has 0 unspecified atom stereocenters. The van der Waals surface area contributed by atoms with Crippen molar-refractivity contribution in [3.63, 3.8) is 0 Å². The van der Waals surface area contributed by atoms with Gasteiger partial charge in [-0.3, -0.25) is 0 Å². The summed E-state index contributed by atoms with van der Waals surface area (Å²) in [4.78, 5) is 0.117. The Balaban J connectivity index is 2.68. The molecule has 0 aliphatic carbocycles. The van der Waals surface area contributed by atoms with Gasteiger partial charge in [0.2, 0.25) is 10.0 Å². The van der Waals surface area contributed by atoms with Crippen LogP contribution in [0.25, 0.3) is 0 Å². The lowest BCUT2D eigenvalue weighted by Crippen LogP contribution is -2.27. The summed E-state index contributed by atoms with van der Waals surface area (Å²) in [6.07, 6.45) is 0. The van der Waals surface area contributed by atoms with Gasteiger partial charge in [0.05, 0.1) is 36.3 Å². The number of nitrogens with zero attached hydrogens (tertiary/aromatic N) is 1. The number of nitriles is 1. The third kappa shape index (κ3) is 4.61. The molecule has 0 saturated carbocycles. The van der Waals surface area contributed by atoms with Crippen molar-refractivity contribution in [3.8, 4) is 6.07 Å². The van der Waals surface area contributed by atoms with Crippen LogP contribution >= 0.6 is 0 Å². The van der Waals surface area contributed by atoms with Gasteiger partial charge in [-0.1, -0.05) is 0 Å². The van der Waals surface area contributed by atoms with Gasteiger partial charge in [-0.15, -0.1) is 0 Å². The van der Waals surface area contributed by atoms with Gasteiger partial charge >= 0.3 is 0 Å². The van der Waals surface area contributed by atoms with Crippen molar-refractivity contribution >= 4 is 10.0 Å². The first-order chi connectivity index (χ1) is 9.01. The lowest BCUT2D eigenvalue weighted by Gasteiger charge is -2.08. The minimum Gasteiger partial charge on any atom is -0.394 e. The van der Waals surface area contributed by atoms with Crippen LogP contribution in [-0.2, 0) is 14.8 Å². The summed E-state index contributed by atoms with van der Waals surface area (Å²) < 4.78 is 31.2. The van der Waals surface area contributed by atoms with E-state index in [4.69, 9.17) is 15.1 Å². The van der Waals surface area contributed by atoms with Gasteiger partial charge in [0, 0.05) is 6.54 Å². The third-order valence-corrected chi connectivity index (χ3v) is 3.86. The predicted molar refractivity (Wildman–Crippen MR) is 69.0 cm³/mol. The minimum atomic E-state index is -3.60. The van der Waals surface area contributed by atoms with Crippen LogP contribution in [0.5, 0.6) is 0 Å². The van der Waals surface area contributed by atoms with Crippen LogP contribution in [0.4, 0.5) is 0 Å². The average molecular weight is 284 g/mol. The van der Waals surface area contributed by atoms with Crippen molar-refractivity contribution in [1.82, 2.24) is 4.72 Å². The van der Waals surface area contributed by atoms with Gasteiger partial charge in [-0.2, -0.15) is 5.26 Å². The molecule has 104 valence electrons. The van der Waals surface area contributed by atoms with Crippen molar-refractivity contribution in [2.45, 2.75) is 11.8 Å². The van der Waals surface area contributed by atoms with Gasteiger partial charge in [-0.05, 0) is 30.7 Å². The SMILES string of the molecule is Cc1cc(S(=O)(=O)NCCOCCO)ccc1C#N. The van der Waals surface area contributed by atoms with E-state index in [9.17, 15) is 8.42 Å². The highest BCUT2D eigenvalue weighted by Gasteiger charge is 2.14. The van der Waals surface area contributed by atoms with E-state index < -0.39 is 10.0 Å². The van der Waals surface area contributed by atoms with Crippen LogP contribution < -0.4 is 4.72 Å². The normalized spacial score (nSPS) is 11.2. The first-order valence-electron chi connectivity index (χ1n) is 5.70. The highest BCUT2D eigenvalue weighted by Crippen LogP contribution is 2.14. The summed E-state index contributed by atoms with van der Waals surface area (Å²) in [5.41, 5.74) is 1.06. The third-order valence-electron chi connectivity index (χ3n) is 2.40. The number of aryl methyl sites for hydroxylation is 1. The molecule has 0 amide bonds. The Hall–Kier alpha value is -1.46. The highest BCUT2D eigenvalue weighted by molar-refractivity contribution is 7.89. The molecule has 0 radical (unpaired) electrons. The van der Waals surface area contributed by atoms with E-state index in [1.54, 1.807) is 6.92 Å². The van der Waals surface area contributed by atoms with E-state index in [-0.39, 0.29) is 31.3 Å². The summed E-state index contributed by atoms with van der Waals surface area (Å²) in [5, 5.41) is 17.3. The molecule has 0 spiro atoms. The van der Waals surface area contributed by atoms with E-state index >= 15 is 0 Å². The number of aliphatic hydroxyl groups excluding tert-OH is 1. The maximum atomic E-state index is 11.9. The maximum absolute atomic E-state index is 11.9. The number of hydrogen-bond donors (Lipinski definition) is 2. The molecule has 1 aromatic carbocycles. The topological polar surface area (TPSA) is 99.4 Å². The second-order valence-electron chi connectivity index (χ2n) is 3.82. The molecule has 0 saturated heterocycles. The van der Waals surface area contributed by atoms with Crippen molar-refractivity contribution in [3.05, 3.63) is 29.3 Å². The van der Waals surface area contributed by atoms with Crippen LogP contribution in [0.3, 0.4) is 0 Å². The van der Waals surface area contributed by atoms with Crippen molar-refractivity contribution < 1.29 is 18.3 Å². The molecule has 6 nitrogen and oxygen atoms in total. The first-order valence-corrected chi connectivity index (χ1v) is 7.18. The molecule has 0 fully saturated rings. The molecule has 0 heterocycles. The molecular formula is C12H16N2O4S. The molecule has 19 heavy (non-hydrogen) atoms. The van der Waals surface area contributed by atoms with E-state index in [0.717, 1.165) is 0 Å². The standard InChI is InChI=1S/C12H16N2O4S/c1-10-8-12(3-2-11(10)9-13)19(16,17)14-4-6-18-7-5-15/h2-3,8,14-15H,4-7H2,1H3. The Labute approximate surface area is 112 Å². The zero-order chi connectivity index (χ0) is 14.3. The molecule has 0 aliphatic heterocycles. The van der Waals surface area contributed by atoms with Crippen molar-refractivity contribution in [2.75, 3.05) is 26.4 Å². The van der Waals surface area contributed by atoms with Crippen molar-refractivity contribution in [2.24, 2.45) is 0 Å². The summed E-state index contributed by atoms with van der Waals surface area (Å²) in [6.45, 7) is 2.08. The molecule has 1 aromatic rings. The maximum Gasteiger partial charge on any atom is 0.240 e. The molecule has 2 N–H and O–H groups in total. The second kappa shape index (κ2) is 7.21. The van der Waals surface area contributed by atoms with Crippen LogP contribution in [0.15, 0.2) is 23.1 Å². The average Bonchev–Trinajstić information content (AvgIpc) is 2.38. The number of sulfonamides is 1. The van der Waals surface area contributed by atoms with Crippen LogP contribution in [0, 0.1) is 18.3 Å². The quantitative estimate of drug-likeness (QED) is 0.694. The zero-order valence-corrected chi connectivity index (χ0v) is 11.4. The Morgan fingerprint density at radius 3 is 2.74 bits per heavy atom. The summed E-state index contributed by atoms with van der Waals surface area (Å²) in [7, 11) is -3.60. The second-order valence-corrected chi connectivity index (χ2v) is 5.59. The molecule has 7 heteroatoms. The molecule has 0 atom stereocenters. The number of hydrogen-bond acceptors (Lipinski definition) is 5. The molecule has 0 aliphatic rings. The predicted octanol–water partition coefficient (Wildman–Crippen LogP) is 0.154. The van der Waals surface area contributed by atoms with Gasteiger partial charge in [0.15, 0.2) is 0 Å². The fraction of sp³-hybridized carbons (Fsp3) is 0.417. The smallest absolute Gasteiger partial charge is 0.240 e. The molecule has 0 bridgehead atoms. The highest BCUT2D eigenvalue weighted by atomic mass is 32.2. The Bertz CT molecular complexity index is 564. The Morgan fingerprint density at radius 1 is 1.42 bits per heavy atom. The fourth-order valence-corrected chi connectivity index (χ4v) is 2.52. The fourth-order valence-electron chi connectivity index (χ4n) is 1.43. The van der Waals surface area contributed by atoms with Gasteiger partial charge in [0.25, 0.3) is 0 Å². The van der Waals surface area contributed by atoms with E-state index in [1.807, 2.05) is 6.07 Å². The zero-order valence-electron chi connectivity index (χ0n) is 10.6. The van der Waals surface area contributed by atoms with Crippen molar-refractivity contribution in [1.29, 1.82) is 5.26 Å². The lowest BCUT2D eigenvalue weighted by molar-refractivity contribution is 0.0961. The van der Waals surface area contributed by atoms with E-state index in [1.165, 1.54) is 18.2 Å². The molecule has 0 aromatic heterocycles. The lowest BCUT2D eigenvalue weighted by atomic mass is 10.1. The number of nitrogens with one attached hydrogen (secondary N) is 1. The first kappa shape index (κ1) is 15.6. The minimum absolute atomic E-state index is 0.0957. The van der Waals surface area contributed by atoms with Crippen LogP contribution in [0.2, 0.25) is 0 Å². The number of benzene rings is 1. The summed E-state index contributed by atoms with van der Waals surface area (Å²) in [6, 6.07) is 6.30. The monoisotopic (exact) mass is 284 g/mol. The van der Waals surface area contributed by atoms with Gasteiger partial charge < -0.3 is 9.84 Å². The summed E-state index contributed by atoms with van der Waals surface area (Å²) >= 11 is 0. The number of rotatable bonds is 7. The Kier molecular flexibility index (Phi) is 5.92. The van der Waals surface area contributed by atoms with Crippen LogP contribution in [0.1, 0.15) is 11.1 Å². The summed E-state index contributed by atoms with van der Waals surface area (Å²) in [5.74, 6) is 0.